The molecule has 3 heterocycles. The average Bonchev–Trinajstić information content (AvgIpc) is 3.68. The first-order valence-electron chi connectivity index (χ1n) is 15.5. The third-order valence-corrected chi connectivity index (χ3v) is 10.4. The smallest absolute Gasteiger partial charge is 0.235 e. The molecule has 0 unspecified atom stereocenters. The number of fused-ring (bicyclic) bond motifs is 10. The molecular weight excluding hydrogens is 579 g/mol. The molecule has 0 saturated heterocycles. The van der Waals surface area contributed by atoms with Crippen molar-refractivity contribution >= 4 is 75.0 Å². The van der Waals surface area contributed by atoms with Crippen LogP contribution >= 0.6 is 11.3 Å². The predicted molar refractivity (Wildman–Crippen MR) is 195 cm³/mol. The van der Waals surface area contributed by atoms with Crippen LogP contribution in [0.2, 0.25) is 0 Å². The quantitative estimate of drug-likeness (QED) is 0.201. The van der Waals surface area contributed by atoms with E-state index in [0.29, 0.717) is 5.95 Å². The number of nitrogens with zero attached hydrogens (tertiary/aromatic N) is 3. The minimum absolute atomic E-state index is 0.678. The van der Waals surface area contributed by atoms with E-state index in [9.17, 15) is 0 Å². The minimum atomic E-state index is 0.678. The van der Waals surface area contributed by atoms with Crippen molar-refractivity contribution in [2.24, 2.45) is 0 Å². The number of hydrogen-bond acceptors (Lipinski definition) is 3. The van der Waals surface area contributed by atoms with Crippen molar-refractivity contribution in [2.75, 3.05) is 0 Å². The second-order valence-corrected chi connectivity index (χ2v) is 12.8. The fourth-order valence-corrected chi connectivity index (χ4v) is 8.29. The molecule has 0 aliphatic carbocycles. The van der Waals surface area contributed by atoms with Crippen molar-refractivity contribution in [1.82, 2.24) is 14.5 Å². The van der Waals surface area contributed by atoms with E-state index < -0.39 is 0 Å². The van der Waals surface area contributed by atoms with Gasteiger partial charge in [0.15, 0.2) is 0 Å². The van der Waals surface area contributed by atoms with Crippen molar-refractivity contribution in [3.05, 3.63) is 152 Å². The molecule has 7 aromatic carbocycles. The highest BCUT2D eigenvalue weighted by atomic mass is 32.1. The second-order valence-electron chi connectivity index (χ2n) is 11.8. The molecule has 0 aliphatic rings. The lowest BCUT2D eigenvalue weighted by Gasteiger charge is -2.13. The van der Waals surface area contributed by atoms with Gasteiger partial charge in [0, 0.05) is 37.2 Å². The number of rotatable bonds is 3. The Bertz CT molecular complexity index is 2790. The van der Waals surface area contributed by atoms with Gasteiger partial charge in [0.1, 0.15) is 0 Å². The van der Waals surface area contributed by atoms with E-state index in [2.05, 4.69) is 156 Å². The molecule has 0 aliphatic heterocycles. The molecule has 4 heteroatoms. The molecule has 214 valence electrons. The molecule has 0 spiro atoms. The van der Waals surface area contributed by atoms with Crippen LogP contribution in [0.1, 0.15) is 0 Å². The van der Waals surface area contributed by atoms with Crippen molar-refractivity contribution in [2.45, 2.75) is 0 Å². The van der Waals surface area contributed by atoms with Gasteiger partial charge in [-0.3, -0.25) is 4.57 Å². The van der Waals surface area contributed by atoms with E-state index in [1.54, 1.807) is 0 Å². The molecule has 46 heavy (non-hydrogen) atoms. The fourth-order valence-electron chi connectivity index (χ4n) is 7.09. The highest BCUT2D eigenvalue weighted by Gasteiger charge is 2.21. The number of aromatic nitrogens is 3. The fraction of sp³-hybridized carbons (Fsp3) is 0. The molecule has 0 saturated carbocycles. The van der Waals surface area contributed by atoms with Crippen LogP contribution in [-0.4, -0.2) is 14.5 Å². The summed E-state index contributed by atoms with van der Waals surface area (Å²) < 4.78 is 4.74. The third kappa shape index (κ3) is 3.71. The molecule has 10 rings (SSSR count). The van der Waals surface area contributed by atoms with Crippen LogP contribution < -0.4 is 0 Å². The molecule has 10 aromatic rings. The van der Waals surface area contributed by atoms with Crippen LogP contribution in [0.25, 0.3) is 92.0 Å². The van der Waals surface area contributed by atoms with Gasteiger partial charge in [-0.1, -0.05) is 127 Å². The van der Waals surface area contributed by atoms with Crippen LogP contribution in [-0.2, 0) is 0 Å². The van der Waals surface area contributed by atoms with Crippen LogP contribution in [0.3, 0.4) is 0 Å². The van der Waals surface area contributed by atoms with Gasteiger partial charge in [-0.05, 0) is 46.2 Å². The first kappa shape index (κ1) is 25.5. The highest BCUT2D eigenvalue weighted by Crippen LogP contribution is 2.42. The topological polar surface area (TPSA) is 30.7 Å². The summed E-state index contributed by atoms with van der Waals surface area (Å²) in [5.74, 6) is 0.678. The first-order valence-corrected chi connectivity index (χ1v) is 16.3. The highest BCUT2D eigenvalue weighted by molar-refractivity contribution is 7.26. The van der Waals surface area contributed by atoms with E-state index in [-0.39, 0.29) is 0 Å². The molecule has 0 N–H and O–H groups in total. The lowest BCUT2D eigenvalue weighted by atomic mass is 10.0. The standard InChI is InChI=1S/C42H25N3S/c1-3-11-26(12-4-1)29-19-21-33-36(25-29)45(35-24-20-27-13-7-8-16-30(27)38(33)35)42-43-39(28-14-5-2-6-15-28)34-23-22-32-31-17-9-10-18-37(31)46-41(32)40(34)44-42/h1-25H. The molecule has 0 bridgehead atoms. The minimum Gasteiger partial charge on any atom is -0.278 e. The van der Waals surface area contributed by atoms with Crippen LogP contribution in [0, 0.1) is 0 Å². The molecule has 0 atom stereocenters. The average molecular weight is 604 g/mol. The van der Waals surface area contributed by atoms with Crippen molar-refractivity contribution in [1.29, 1.82) is 0 Å². The second kappa shape index (κ2) is 9.83. The molecule has 0 amide bonds. The lowest BCUT2D eigenvalue weighted by molar-refractivity contribution is 1.02. The van der Waals surface area contributed by atoms with Gasteiger partial charge < -0.3 is 0 Å². The summed E-state index contributed by atoms with van der Waals surface area (Å²) in [6.45, 7) is 0. The van der Waals surface area contributed by atoms with Crippen LogP contribution in [0.15, 0.2) is 152 Å². The summed E-state index contributed by atoms with van der Waals surface area (Å²) in [7, 11) is 0. The lowest BCUT2D eigenvalue weighted by Crippen LogP contribution is -2.03. The molecule has 3 nitrogen and oxygen atoms in total. The Hall–Kier alpha value is -5.84. The van der Waals surface area contributed by atoms with Crippen molar-refractivity contribution in [3.8, 4) is 28.3 Å². The van der Waals surface area contributed by atoms with E-state index in [0.717, 1.165) is 38.8 Å². The van der Waals surface area contributed by atoms with Gasteiger partial charge in [-0.15, -0.1) is 11.3 Å². The monoisotopic (exact) mass is 603 g/mol. The van der Waals surface area contributed by atoms with E-state index >= 15 is 0 Å². The molecule has 0 radical (unpaired) electrons. The zero-order valence-corrected chi connectivity index (χ0v) is 25.5. The van der Waals surface area contributed by atoms with E-state index in [4.69, 9.17) is 9.97 Å². The maximum atomic E-state index is 5.47. The molecule has 3 aromatic heterocycles. The number of benzene rings is 7. The maximum Gasteiger partial charge on any atom is 0.235 e. The van der Waals surface area contributed by atoms with Gasteiger partial charge in [0.05, 0.1) is 26.9 Å². The largest absolute Gasteiger partial charge is 0.278 e. The Morgan fingerprint density at radius 3 is 2.00 bits per heavy atom. The van der Waals surface area contributed by atoms with Gasteiger partial charge >= 0.3 is 0 Å². The summed E-state index contributed by atoms with van der Waals surface area (Å²) in [6.07, 6.45) is 0. The van der Waals surface area contributed by atoms with Crippen molar-refractivity contribution < 1.29 is 0 Å². The summed E-state index contributed by atoms with van der Waals surface area (Å²) in [5, 5.41) is 8.42. The number of hydrogen-bond donors (Lipinski definition) is 0. The van der Waals surface area contributed by atoms with Gasteiger partial charge in [-0.2, -0.15) is 0 Å². The van der Waals surface area contributed by atoms with E-state index in [1.165, 1.54) is 47.3 Å². The Balaban J connectivity index is 1.38. The summed E-state index contributed by atoms with van der Waals surface area (Å²) in [6, 6.07) is 54.1. The maximum absolute atomic E-state index is 5.47. The Morgan fingerprint density at radius 2 is 1.15 bits per heavy atom. The zero-order chi connectivity index (χ0) is 30.2. The Morgan fingerprint density at radius 1 is 0.457 bits per heavy atom. The summed E-state index contributed by atoms with van der Waals surface area (Å²) in [5.41, 5.74) is 7.54. The van der Waals surface area contributed by atoms with Crippen LogP contribution in [0.4, 0.5) is 0 Å². The summed E-state index contributed by atoms with van der Waals surface area (Å²) >= 11 is 1.81. The SMILES string of the molecule is c1ccc(-c2ccc3c4c5ccccc5ccc4n(-c4nc(-c5ccccc5)c5ccc6c7ccccc7sc6c5n4)c3c2)cc1. The van der Waals surface area contributed by atoms with Crippen LogP contribution in [0.5, 0.6) is 0 Å². The predicted octanol–water partition coefficient (Wildman–Crippen LogP) is 11.6. The third-order valence-electron chi connectivity index (χ3n) is 9.21. The van der Waals surface area contributed by atoms with Crippen molar-refractivity contribution in [3.63, 3.8) is 0 Å². The Labute approximate surface area is 268 Å². The normalized spacial score (nSPS) is 11.9. The summed E-state index contributed by atoms with van der Waals surface area (Å²) in [4.78, 5) is 10.9. The first-order chi connectivity index (χ1) is 22.8. The van der Waals surface area contributed by atoms with Gasteiger partial charge in [0.2, 0.25) is 5.95 Å². The van der Waals surface area contributed by atoms with Gasteiger partial charge in [0.25, 0.3) is 0 Å². The zero-order valence-electron chi connectivity index (χ0n) is 24.7. The Kier molecular flexibility index (Phi) is 5.45. The number of thiophene rings is 1. The van der Waals surface area contributed by atoms with E-state index in [1.807, 2.05) is 11.3 Å². The molecule has 0 fully saturated rings. The molecular formula is C42H25N3S. The van der Waals surface area contributed by atoms with Gasteiger partial charge in [-0.25, -0.2) is 9.97 Å².